The lowest BCUT2D eigenvalue weighted by Gasteiger charge is -2.27. The number of hydrogen-bond acceptors (Lipinski definition) is 3. The van der Waals surface area contributed by atoms with Gasteiger partial charge in [-0.2, -0.15) is 0 Å². The van der Waals surface area contributed by atoms with E-state index in [1.165, 1.54) is 38.5 Å². The van der Waals surface area contributed by atoms with Crippen LogP contribution in [0.1, 0.15) is 96.8 Å². The first-order chi connectivity index (χ1) is 11.7. The highest BCUT2D eigenvalue weighted by atomic mass is 16.5. The van der Waals surface area contributed by atoms with E-state index in [-0.39, 0.29) is 11.9 Å². The molecule has 0 amide bonds. The molecule has 24 heavy (non-hydrogen) atoms. The topological polar surface area (TPSA) is 43.4 Å². The molecule has 0 spiro atoms. The van der Waals surface area contributed by atoms with Crippen molar-refractivity contribution in [3.05, 3.63) is 0 Å². The smallest absolute Gasteiger partial charge is 0.308 e. The average molecular weight is 337 g/mol. The van der Waals surface area contributed by atoms with E-state index in [2.05, 4.69) is 6.92 Å². The summed E-state index contributed by atoms with van der Waals surface area (Å²) in [5, 5.41) is 0. The minimum Gasteiger partial charge on any atom is -0.465 e. The molecule has 0 saturated heterocycles. The van der Waals surface area contributed by atoms with Crippen molar-refractivity contribution >= 4 is 11.8 Å². The highest BCUT2D eigenvalue weighted by Crippen LogP contribution is 2.33. The highest BCUT2D eigenvalue weighted by Gasteiger charge is 2.28. The van der Waals surface area contributed by atoms with Gasteiger partial charge < -0.3 is 4.74 Å². The molecule has 138 valence electrons. The SMILES string of the molecule is CCCCCC1CCC(C(=O)OCCCCCC(=O)C2CC2)CC1. The van der Waals surface area contributed by atoms with Crippen LogP contribution in [0.4, 0.5) is 0 Å². The van der Waals surface area contributed by atoms with Crippen molar-refractivity contribution in [2.45, 2.75) is 96.8 Å². The number of Topliss-reactive ketones (excluding diaryl/α,β-unsaturated/α-hetero) is 1. The number of unbranched alkanes of at least 4 members (excludes halogenated alkanes) is 4. The predicted octanol–water partition coefficient (Wildman–Crippen LogP) is 5.46. The molecule has 3 heteroatoms. The van der Waals surface area contributed by atoms with Crippen LogP contribution in [-0.2, 0) is 14.3 Å². The number of ether oxygens (including phenoxy) is 1. The Hall–Kier alpha value is -0.860. The van der Waals surface area contributed by atoms with Gasteiger partial charge in [-0.3, -0.25) is 9.59 Å². The Morgan fingerprint density at radius 3 is 2.21 bits per heavy atom. The standard InChI is InChI=1S/C21H36O3/c1-2-3-5-8-17-10-12-19(13-11-17)21(23)24-16-7-4-6-9-20(22)18-14-15-18/h17-19H,2-16H2,1H3. The Morgan fingerprint density at radius 1 is 0.833 bits per heavy atom. The number of ketones is 1. The number of carbonyl (C=O) groups excluding carboxylic acids is 2. The quantitative estimate of drug-likeness (QED) is 0.351. The third kappa shape index (κ3) is 7.36. The van der Waals surface area contributed by atoms with Crippen LogP contribution in [0.2, 0.25) is 0 Å². The van der Waals surface area contributed by atoms with E-state index < -0.39 is 0 Å². The molecule has 3 nitrogen and oxygen atoms in total. The van der Waals surface area contributed by atoms with Crippen LogP contribution >= 0.6 is 0 Å². The summed E-state index contributed by atoms with van der Waals surface area (Å²) in [6, 6.07) is 0. The monoisotopic (exact) mass is 336 g/mol. The first kappa shape index (κ1) is 19.5. The van der Waals surface area contributed by atoms with Crippen molar-refractivity contribution in [1.29, 1.82) is 0 Å². The molecule has 0 N–H and O–H groups in total. The van der Waals surface area contributed by atoms with Crippen LogP contribution < -0.4 is 0 Å². The van der Waals surface area contributed by atoms with Crippen LogP contribution in [-0.4, -0.2) is 18.4 Å². The van der Waals surface area contributed by atoms with Gasteiger partial charge in [0.15, 0.2) is 0 Å². The molecule has 2 rings (SSSR count). The fourth-order valence-corrected chi connectivity index (χ4v) is 3.85. The number of hydrogen-bond donors (Lipinski definition) is 0. The van der Waals surface area contributed by atoms with E-state index in [1.807, 2.05) is 0 Å². The van der Waals surface area contributed by atoms with E-state index in [0.717, 1.165) is 57.3 Å². The number of carbonyl (C=O) groups is 2. The molecule has 0 bridgehead atoms. The molecule has 0 aromatic heterocycles. The van der Waals surface area contributed by atoms with Crippen molar-refractivity contribution in [3.8, 4) is 0 Å². The van der Waals surface area contributed by atoms with Gasteiger partial charge in [0.2, 0.25) is 0 Å². The summed E-state index contributed by atoms with van der Waals surface area (Å²) in [5.74, 6) is 1.84. The van der Waals surface area contributed by atoms with Gasteiger partial charge in [0.1, 0.15) is 5.78 Å². The third-order valence-electron chi connectivity index (χ3n) is 5.74. The summed E-state index contributed by atoms with van der Waals surface area (Å²) in [5.41, 5.74) is 0. The lowest BCUT2D eigenvalue weighted by atomic mass is 9.80. The molecule has 0 aromatic rings. The first-order valence-electron chi connectivity index (χ1n) is 10.4. The lowest BCUT2D eigenvalue weighted by molar-refractivity contribution is -0.150. The van der Waals surface area contributed by atoms with Crippen molar-refractivity contribution in [2.24, 2.45) is 17.8 Å². The minimum absolute atomic E-state index is 0.0241. The van der Waals surface area contributed by atoms with E-state index in [9.17, 15) is 9.59 Å². The molecular formula is C21H36O3. The maximum absolute atomic E-state index is 12.1. The summed E-state index contributed by atoms with van der Waals surface area (Å²) in [4.78, 5) is 23.7. The zero-order valence-corrected chi connectivity index (χ0v) is 15.6. The fraction of sp³-hybridized carbons (Fsp3) is 0.905. The first-order valence-corrected chi connectivity index (χ1v) is 10.4. The van der Waals surface area contributed by atoms with Crippen molar-refractivity contribution in [2.75, 3.05) is 6.61 Å². The molecule has 0 radical (unpaired) electrons. The van der Waals surface area contributed by atoms with E-state index in [0.29, 0.717) is 18.3 Å². The zero-order chi connectivity index (χ0) is 17.2. The normalized spacial score (nSPS) is 23.9. The summed E-state index contributed by atoms with van der Waals surface area (Å²) < 4.78 is 5.46. The molecule has 2 aliphatic rings. The Labute approximate surface area is 147 Å². The second-order valence-electron chi connectivity index (χ2n) is 7.93. The van der Waals surface area contributed by atoms with Gasteiger partial charge in [-0.05, 0) is 63.7 Å². The second kappa shape index (κ2) is 10.9. The molecule has 0 atom stereocenters. The Kier molecular flexibility index (Phi) is 8.83. The molecule has 0 heterocycles. The minimum atomic E-state index is 0.0241. The Bertz CT molecular complexity index is 379. The van der Waals surface area contributed by atoms with Crippen molar-refractivity contribution < 1.29 is 14.3 Å². The van der Waals surface area contributed by atoms with Gasteiger partial charge in [0.25, 0.3) is 0 Å². The highest BCUT2D eigenvalue weighted by molar-refractivity contribution is 5.83. The average Bonchev–Trinajstić information content (AvgIpc) is 3.43. The van der Waals surface area contributed by atoms with Gasteiger partial charge in [-0.15, -0.1) is 0 Å². The van der Waals surface area contributed by atoms with E-state index in [4.69, 9.17) is 4.74 Å². The summed E-state index contributed by atoms with van der Waals surface area (Å²) in [6.45, 7) is 2.78. The fourth-order valence-electron chi connectivity index (χ4n) is 3.85. The van der Waals surface area contributed by atoms with Gasteiger partial charge in [-0.25, -0.2) is 0 Å². The summed E-state index contributed by atoms with van der Waals surface area (Å²) in [6.07, 6.45) is 15.5. The van der Waals surface area contributed by atoms with Crippen molar-refractivity contribution in [3.63, 3.8) is 0 Å². The second-order valence-corrected chi connectivity index (χ2v) is 7.93. The van der Waals surface area contributed by atoms with Gasteiger partial charge in [0.05, 0.1) is 12.5 Å². The van der Waals surface area contributed by atoms with E-state index >= 15 is 0 Å². The number of esters is 1. The van der Waals surface area contributed by atoms with Crippen LogP contribution in [0.15, 0.2) is 0 Å². The Balaban J connectivity index is 1.45. The molecular weight excluding hydrogens is 300 g/mol. The number of rotatable bonds is 12. The summed E-state index contributed by atoms with van der Waals surface area (Å²) in [7, 11) is 0. The Morgan fingerprint density at radius 2 is 1.54 bits per heavy atom. The van der Waals surface area contributed by atoms with Gasteiger partial charge in [0, 0.05) is 12.3 Å². The van der Waals surface area contributed by atoms with Crippen molar-refractivity contribution in [1.82, 2.24) is 0 Å². The molecule has 0 aromatic carbocycles. The largest absolute Gasteiger partial charge is 0.465 e. The third-order valence-corrected chi connectivity index (χ3v) is 5.74. The maximum Gasteiger partial charge on any atom is 0.308 e. The zero-order valence-electron chi connectivity index (χ0n) is 15.6. The molecule has 2 fully saturated rings. The van der Waals surface area contributed by atoms with Crippen LogP contribution in [0.25, 0.3) is 0 Å². The molecule has 2 saturated carbocycles. The van der Waals surface area contributed by atoms with Crippen LogP contribution in [0, 0.1) is 17.8 Å². The summed E-state index contributed by atoms with van der Waals surface area (Å²) >= 11 is 0. The lowest BCUT2D eigenvalue weighted by Crippen LogP contribution is -2.24. The van der Waals surface area contributed by atoms with Gasteiger partial charge in [-0.1, -0.05) is 32.6 Å². The van der Waals surface area contributed by atoms with E-state index in [1.54, 1.807) is 0 Å². The molecule has 0 aliphatic heterocycles. The molecule has 0 unspecified atom stereocenters. The predicted molar refractivity (Wildman–Crippen MR) is 96.7 cm³/mol. The molecule has 2 aliphatic carbocycles. The van der Waals surface area contributed by atoms with Crippen LogP contribution in [0.5, 0.6) is 0 Å². The maximum atomic E-state index is 12.1. The van der Waals surface area contributed by atoms with Crippen LogP contribution in [0.3, 0.4) is 0 Å². The van der Waals surface area contributed by atoms with Gasteiger partial charge >= 0.3 is 5.97 Å².